The van der Waals surface area contributed by atoms with E-state index in [0.29, 0.717) is 18.1 Å². The predicted octanol–water partition coefficient (Wildman–Crippen LogP) is 4.18. The van der Waals surface area contributed by atoms with Crippen LogP contribution in [0.2, 0.25) is 5.02 Å². The quantitative estimate of drug-likeness (QED) is 0.904. The Labute approximate surface area is 127 Å². The van der Waals surface area contributed by atoms with Gasteiger partial charge in [-0.15, -0.1) is 11.3 Å². The molecule has 0 bridgehead atoms. The summed E-state index contributed by atoms with van der Waals surface area (Å²) < 4.78 is 7.03. The van der Waals surface area contributed by atoms with Crippen molar-refractivity contribution in [3.63, 3.8) is 0 Å². The Bertz CT molecular complexity index is 669. The molecular weight excluding hydrogens is 292 g/mol. The van der Waals surface area contributed by atoms with E-state index < -0.39 is 0 Å². The maximum atomic E-state index is 6.39. The highest BCUT2D eigenvalue weighted by Crippen LogP contribution is 2.54. The summed E-state index contributed by atoms with van der Waals surface area (Å²) in [6, 6.07) is 4.40. The molecule has 0 amide bonds. The van der Waals surface area contributed by atoms with Crippen molar-refractivity contribution in [3.05, 3.63) is 22.7 Å². The molecule has 5 heteroatoms. The highest BCUT2D eigenvalue weighted by atomic mass is 35.5. The van der Waals surface area contributed by atoms with Crippen LogP contribution in [-0.2, 0) is 4.74 Å². The van der Waals surface area contributed by atoms with Crippen LogP contribution in [0.1, 0.15) is 20.3 Å². The van der Waals surface area contributed by atoms with Gasteiger partial charge in [0.1, 0.15) is 5.52 Å². The number of hydrogen-bond acceptors (Lipinski definition) is 4. The van der Waals surface area contributed by atoms with Crippen LogP contribution >= 0.6 is 22.9 Å². The Hall–Kier alpha value is -0.840. The number of fused-ring (bicyclic) bond motifs is 2. The average molecular weight is 309 g/mol. The van der Waals surface area contributed by atoms with Gasteiger partial charge in [0.25, 0.3) is 0 Å². The minimum Gasteiger partial charge on any atom is -0.378 e. The Morgan fingerprint density at radius 2 is 2.30 bits per heavy atom. The lowest BCUT2D eigenvalue weighted by Crippen LogP contribution is -2.63. The molecule has 1 N–H and O–H groups in total. The number of rotatable bonds is 2. The van der Waals surface area contributed by atoms with Crippen LogP contribution in [0.4, 0.5) is 5.69 Å². The van der Waals surface area contributed by atoms with Gasteiger partial charge in [0.15, 0.2) is 0 Å². The molecule has 3 unspecified atom stereocenters. The lowest BCUT2D eigenvalue weighted by atomic mass is 9.57. The predicted molar refractivity (Wildman–Crippen MR) is 83.7 cm³/mol. The molecule has 2 heterocycles. The minimum atomic E-state index is 0.142. The van der Waals surface area contributed by atoms with Gasteiger partial charge in [-0.25, -0.2) is 4.98 Å². The fraction of sp³-hybridized carbons (Fsp3) is 0.533. The van der Waals surface area contributed by atoms with E-state index in [1.54, 1.807) is 11.3 Å². The highest BCUT2D eigenvalue weighted by molar-refractivity contribution is 7.16. The molecule has 106 valence electrons. The normalized spacial score (nSPS) is 31.1. The van der Waals surface area contributed by atoms with E-state index in [-0.39, 0.29) is 5.41 Å². The van der Waals surface area contributed by atoms with E-state index in [2.05, 4.69) is 24.1 Å². The van der Waals surface area contributed by atoms with E-state index in [1.807, 2.05) is 17.6 Å². The molecule has 1 aromatic carbocycles. The van der Waals surface area contributed by atoms with Gasteiger partial charge in [-0.2, -0.15) is 0 Å². The van der Waals surface area contributed by atoms with Gasteiger partial charge in [-0.05, 0) is 18.6 Å². The van der Waals surface area contributed by atoms with Crippen LogP contribution in [0.5, 0.6) is 0 Å². The second-order valence-corrected chi connectivity index (χ2v) is 7.60. The van der Waals surface area contributed by atoms with Gasteiger partial charge in [-0.1, -0.05) is 25.4 Å². The van der Waals surface area contributed by atoms with E-state index >= 15 is 0 Å². The van der Waals surface area contributed by atoms with Crippen LogP contribution in [0.25, 0.3) is 10.2 Å². The van der Waals surface area contributed by atoms with Crippen molar-refractivity contribution in [3.8, 4) is 0 Å². The number of aromatic nitrogens is 1. The first-order valence-electron chi connectivity index (χ1n) is 6.99. The molecule has 4 rings (SSSR count). The standard InChI is InChI=1S/C15H17ClN2OS/c1-15(2)13(8-5-6-19-14(8)15)18-11-9(16)3-4-10-12(11)17-7-20-10/h3-4,7-8,13-14,18H,5-6H2,1-2H3. The Morgan fingerprint density at radius 1 is 1.45 bits per heavy atom. The molecule has 0 radical (unpaired) electrons. The van der Waals surface area contributed by atoms with Gasteiger partial charge in [-0.3, -0.25) is 0 Å². The first kappa shape index (κ1) is 12.9. The average Bonchev–Trinajstić information content (AvgIpc) is 3.04. The summed E-state index contributed by atoms with van der Waals surface area (Å²) >= 11 is 8.04. The summed E-state index contributed by atoms with van der Waals surface area (Å²) in [5, 5.41) is 4.42. The lowest BCUT2D eigenvalue weighted by molar-refractivity contribution is -0.0922. The molecule has 2 aromatic rings. The molecule has 1 saturated carbocycles. The summed E-state index contributed by atoms with van der Waals surface area (Å²) in [6.45, 7) is 5.42. The third-order valence-corrected chi connectivity index (χ3v) is 5.96. The maximum Gasteiger partial charge on any atom is 0.106 e. The fourth-order valence-corrected chi connectivity index (χ4v) is 4.71. The third-order valence-electron chi connectivity index (χ3n) is 4.85. The zero-order valence-electron chi connectivity index (χ0n) is 11.5. The summed E-state index contributed by atoms with van der Waals surface area (Å²) in [4.78, 5) is 4.46. The van der Waals surface area contributed by atoms with Crippen LogP contribution < -0.4 is 5.32 Å². The number of thiazole rings is 1. The molecule has 0 spiro atoms. The molecule has 2 fully saturated rings. The molecule has 1 aromatic heterocycles. The van der Waals surface area contributed by atoms with Gasteiger partial charge < -0.3 is 10.1 Å². The summed E-state index contributed by atoms with van der Waals surface area (Å²) in [5.74, 6) is 0.593. The van der Waals surface area contributed by atoms with E-state index in [4.69, 9.17) is 16.3 Å². The zero-order chi connectivity index (χ0) is 13.9. The van der Waals surface area contributed by atoms with Crippen molar-refractivity contribution in [2.45, 2.75) is 32.4 Å². The SMILES string of the molecule is CC1(C)C(Nc2c(Cl)ccc3scnc23)C2CCOC21. The molecule has 20 heavy (non-hydrogen) atoms. The maximum absolute atomic E-state index is 6.39. The van der Waals surface area contributed by atoms with Gasteiger partial charge in [0, 0.05) is 24.0 Å². The number of benzene rings is 1. The zero-order valence-corrected chi connectivity index (χ0v) is 13.1. The Kier molecular flexibility index (Phi) is 2.78. The van der Waals surface area contributed by atoms with E-state index in [1.165, 1.54) is 4.70 Å². The molecule has 1 saturated heterocycles. The number of nitrogens with zero attached hydrogens (tertiary/aromatic N) is 1. The Morgan fingerprint density at radius 3 is 3.15 bits per heavy atom. The second kappa shape index (κ2) is 4.33. The first-order chi connectivity index (χ1) is 9.59. The topological polar surface area (TPSA) is 34.2 Å². The number of hydrogen-bond donors (Lipinski definition) is 1. The largest absolute Gasteiger partial charge is 0.378 e. The molecule has 1 aliphatic carbocycles. The van der Waals surface area contributed by atoms with Crippen LogP contribution in [0, 0.1) is 11.3 Å². The summed E-state index contributed by atoms with van der Waals surface area (Å²) in [5.41, 5.74) is 3.98. The number of ether oxygens (including phenoxy) is 1. The van der Waals surface area contributed by atoms with Crippen LogP contribution in [-0.4, -0.2) is 23.7 Å². The summed E-state index contributed by atoms with van der Waals surface area (Å²) in [6.07, 6.45) is 1.52. The van der Waals surface area contributed by atoms with Gasteiger partial charge in [0.2, 0.25) is 0 Å². The highest BCUT2D eigenvalue weighted by Gasteiger charge is 2.59. The minimum absolute atomic E-state index is 0.142. The van der Waals surface area contributed by atoms with Crippen molar-refractivity contribution >= 4 is 38.8 Å². The second-order valence-electron chi connectivity index (χ2n) is 6.31. The van der Waals surface area contributed by atoms with Gasteiger partial charge >= 0.3 is 0 Å². The number of nitrogens with one attached hydrogen (secondary N) is 1. The molecule has 1 aliphatic heterocycles. The van der Waals surface area contributed by atoms with Crippen LogP contribution in [0.15, 0.2) is 17.6 Å². The van der Waals surface area contributed by atoms with Crippen molar-refractivity contribution in [1.29, 1.82) is 0 Å². The Balaban J connectivity index is 1.71. The monoisotopic (exact) mass is 308 g/mol. The smallest absolute Gasteiger partial charge is 0.106 e. The number of halogens is 1. The first-order valence-corrected chi connectivity index (χ1v) is 8.24. The molecular formula is C15H17ClN2OS. The lowest BCUT2D eigenvalue weighted by Gasteiger charge is -2.55. The van der Waals surface area contributed by atoms with Gasteiger partial charge in [0.05, 0.1) is 27.0 Å². The molecule has 2 aliphatic rings. The van der Waals surface area contributed by atoms with E-state index in [9.17, 15) is 0 Å². The van der Waals surface area contributed by atoms with Crippen molar-refractivity contribution in [1.82, 2.24) is 4.98 Å². The van der Waals surface area contributed by atoms with Crippen molar-refractivity contribution in [2.24, 2.45) is 11.3 Å². The van der Waals surface area contributed by atoms with Crippen molar-refractivity contribution in [2.75, 3.05) is 11.9 Å². The summed E-state index contributed by atoms with van der Waals surface area (Å²) in [7, 11) is 0. The molecule has 3 nitrogen and oxygen atoms in total. The molecule has 3 atom stereocenters. The van der Waals surface area contributed by atoms with Crippen LogP contribution in [0.3, 0.4) is 0 Å². The number of anilines is 1. The fourth-order valence-electron chi connectivity index (χ4n) is 3.82. The van der Waals surface area contributed by atoms with Crippen molar-refractivity contribution < 1.29 is 4.74 Å². The van der Waals surface area contributed by atoms with E-state index in [0.717, 1.165) is 29.3 Å². The third kappa shape index (κ3) is 1.65.